The lowest BCUT2D eigenvalue weighted by molar-refractivity contribution is 0.0516. The number of allylic oxidation sites excluding steroid dienone is 1. The number of benzene rings is 2. The second-order valence-corrected chi connectivity index (χ2v) is 7.60. The van der Waals surface area contributed by atoms with Crippen LogP contribution < -0.4 is 4.74 Å². The van der Waals surface area contributed by atoms with Crippen LogP contribution in [-0.4, -0.2) is 29.2 Å². The van der Waals surface area contributed by atoms with Gasteiger partial charge in [0.15, 0.2) is 0 Å². The number of rotatable bonds is 7. The third-order valence-electron chi connectivity index (χ3n) is 5.49. The van der Waals surface area contributed by atoms with Crippen LogP contribution in [0.25, 0.3) is 28.1 Å². The lowest BCUT2D eigenvalue weighted by atomic mass is 10.0. The maximum absolute atomic E-state index is 14.6. The van der Waals surface area contributed by atoms with Crippen molar-refractivity contribution in [1.29, 1.82) is 0 Å². The number of fused-ring (bicyclic) bond motifs is 1. The first-order valence-corrected chi connectivity index (χ1v) is 10.9. The molecule has 0 fully saturated rings. The molecule has 0 saturated carbocycles. The monoisotopic (exact) mass is 462 g/mol. The van der Waals surface area contributed by atoms with Gasteiger partial charge in [0.05, 0.1) is 20.3 Å². The summed E-state index contributed by atoms with van der Waals surface area (Å²) >= 11 is 0. The van der Waals surface area contributed by atoms with E-state index >= 15 is 0 Å². The lowest BCUT2D eigenvalue weighted by Crippen LogP contribution is -2.15. The van der Waals surface area contributed by atoms with Crippen LogP contribution in [0.1, 0.15) is 35.5 Å². The van der Waals surface area contributed by atoms with Gasteiger partial charge in [0.2, 0.25) is 5.88 Å². The number of carbonyl (C=O) groups excluding carboxylic acids is 1. The summed E-state index contributed by atoms with van der Waals surface area (Å²) in [6, 6.07) is 12.7. The topological polar surface area (TPSA) is 53.4 Å². The number of esters is 1. The van der Waals surface area contributed by atoms with Crippen molar-refractivity contribution in [1.82, 2.24) is 9.55 Å². The molecule has 34 heavy (non-hydrogen) atoms. The van der Waals surface area contributed by atoms with E-state index in [1.54, 1.807) is 23.8 Å². The highest BCUT2D eigenvalue weighted by molar-refractivity contribution is 6.10. The van der Waals surface area contributed by atoms with Crippen molar-refractivity contribution in [2.24, 2.45) is 0 Å². The summed E-state index contributed by atoms with van der Waals surface area (Å²) in [7, 11) is 1.51. The van der Waals surface area contributed by atoms with Gasteiger partial charge in [-0.1, -0.05) is 24.3 Å². The molecule has 7 heteroatoms. The quantitative estimate of drug-likeness (QED) is 0.305. The van der Waals surface area contributed by atoms with Crippen LogP contribution in [0.2, 0.25) is 0 Å². The molecular weight excluding hydrogens is 438 g/mol. The van der Waals surface area contributed by atoms with E-state index in [0.717, 1.165) is 17.0 Å². The summed E-state index contributed by atoms with van der Waals surface area (Å²) in [4.78, 5) is 17.6. The lowest BCUT2D eigenvalue weighted by Gasteiger charge is -2.13. The number of pyridine rings is 1. The Morgan fingerprint density at radius 1 is 1.15 bits per heavy atom. The van der Waals surface area contributed by atoms with Gasteiger partial charge < -0.3 is 14.0 Å². The molecule has 0 spiro atoms. The molecule has 4 aromatic rings. The van der Waals surface area contributed by atoms with Crippen molar-refractivity contribution in [3.05, 3.63) is 89.3 Å². The molecule has 0 radical (unpaired) electrons. The summed E-state index contributed by atoms with van der Waals surface area (Å²) in [5, 5.41) is 0.757. The maximum atomic E-state index is 14.6. The maximum Gasteiger partial charge on any atom is 0.355 e. The predicted octanol–water partition coefficient (Wildman–Crippen LogP) is 6.25. The van der Waals surface area contributed by atoms with Gasteiger partial charge >= 0.3 is 5.97 Å². The zero-order valence-electron chi connectivity index (χ0n) is 19.1. The molecule has 2 heterocycles. The summed E-state index contributed by atoms with van der Waals surface area (Å²) in [6.07, 6.45) is 5.47. The third-order valence-corrected chi connectivity index (χ3v) is 5.49. The Morgan fingerprint density at radius 3 is 2.68 bits per heavy atom. The standard InChI is InChI=1S/C27H24F2N2O3/c1-4-7-17-9-12-23-21(14-17)24(20-8-6-13-30-26(20)33-3)25(27(32)34-5-2)31(23)16-18-10-11-19(28)15-22(18)29/h4,6-15H,5,16H2,1-3H3/b7-4-. The molecule has 0 saturated heterocycles. The van der Waals surface area contributed by atoms with Crippen molar-refractivity contribution in [2.75, 3.05) is 13.7 Å². The highest BCUT2D eigenvalue weighted by atomic mass is 19.1. The highest BCUT2D eigenvalue weighted by Crippen LogP contribution is 2.40. The van der Waals surface area contributed by atoms with Gasteiger partial charge in [-0.2, -0.15) is 0 Å². The van der Waals surface area contributed by atoms with Gasteiger partial charge in [-0.3, -0.25) is 0 Å². The van der Waals surface area contributed by atoms with Crippen LogP contribution in [0.3, 0.4) is 0 Å². The molecule has 174 valence electrons. The number of nitrogens with zero attached hydrogens (tertiary/aromatic N) is 2. The van der Waals surface area contributed by atoms with E-state index in [-0.39, 0.29) is 24.4 Å². The zero-order chi connectivity index (χ0) is 24.2. The second-order valence-electron chi connectivity index (χ2n) is 7.60. The molecule has 2 aromatic carbocycles. The Hall–Kier alpha value is -4.00. The number of ether oxygens (including phenoxy) is 2. The van der Waals surface area contributed by atoms with Crippen molar-refractivity contribution >= 4 is 22.9 Å². The molecule has 0 aliphatic rings. The number of carbonyl (C=O) groups is 1. The van der Waals surface area contributed by atoms with Crippen LogP contribution in [0.4, 0.5) is 8.78 Å². The van der Waals surface area contributed by atoms with E-state index < -0.39 is 17.6 Å². The molecule has 0 bridgehead atoms. The van der Waals surface area contributed by atoms with E-state index in [1.165, 1.54) is 19.2 Å². The van der Waals surface area contributed by atoms with Crippen LogP contribution in [0.15, 0.2) is 60.8 Å². The minimum atomic E-state index is -0.692. The molecule has 0 amide bonds. The number of aromatic nitrogens is 2. The van der Waals surface area contributed by atoms with E-state index in [4.69, 9.17) is 9.47 Å². The molecular formula is C27H24F2N2O3. The largest absolute Gasteiger partial charge is 0.481 e. The smallest absolute Gasteiger partial charge is 0.355 e. The van der Waals surface area contributed by atoms with Gasteiger partial charge in [-0.25, -0.2) is 18.6 Å². The Bertz CT molecular complexity index is 1390. The molecule has 0 aliphatic carbocycles. The average molecular weight is 462 g/mol. The summed E-state index contributed by atoms with van der Waals surface area (Å²) in [6.45, 7) is 3.81. The van der Waals surface area contributed by atoms with Crippen LogP contribution in [0.5, 0.6) is 5.88 Å². The van der Waals surface area contributed by atoms with E-state index in [9.17, 15) is 13.6 Å². The van der Waals surface area contributed by atoms with Gasteiger partial charge in [0.1, 0.15) is 17.3 Å². The summed E-state index contributed by atoms with van der Waals surface area (Å²) in [5.74, 6) is -1.57. The zero-order valence-corrected chi connectivity index (χ0v) is 19.1. The third kappa shape index (κ3) is 4.29. The Morgan fingerprint density at radius 2 is 1.97 bits per heavy atom. The van der Waals surface area contributed by atoms with Crippen LogP contribution >= 0.6 is 0 Å². The molecule has 0 N–H and O–H groups in total. The van der Waals surface area contributed by atoms with Crippen molar-refractivity contribution < 1.29 is 23.0 Å². The van der Waals surface area contributed by atoms with Crippen LogP contribution in [-0.2, 0) is 11.3 Å². The molecule has 4 rings (SSSR count). The fourth-order valence-electron chi connectivity index (χ4n) is 4.08. The first kappa shape index (κ1) is 23.2. The van der Waals surface area contributed by atoms with Crippen molar-refractivity contribution in [2.45, 2.75) is 20.4 Å². The van der Waals surface area contributed by atoms with Crippen molar-refractivity contribution in [3.8, 4) is 17.0 Å². The number of hydrogen-bond donors (Lipinski definition) is 0. The first-order valence-electron chi connectivity index (χ1n) is 10.9. The first-order chi connectivity index (χ1) is 16.5. The number of hydrogen-bond acceptors (Lipinski definition) is 4. The minimum absolute atomic E-state index is 0.00228. The Balaban J connectivity index is 2.09. The predicted molar refractivity (Wildman–Crippen MR) is 128 cm³/mol. The average Bonchev–Trinajstić information content (AvgIpc) is 3.14. The molecule has 0 unspecified atom stereocenters. The van der Waals surface area contributed by atoms with Gasteiger partial charge in [0, 0.05) is 39.9 Å². The fourth-order valence-corrected chi connectivity index (χ4v) is 4.08. The second kappa shape index (κ2) is 9.87. The Labute approximate surface area is 196 Å². The van der Waals surface area contributed by atoms with Gasteiger partial charge in [-0.05, 0) is 49.7 Å². The number of methoxy groups -OCH3 is 1. The van der Waals surface area contributed by atoms with E-state index in [2.05, 4.69) is 4.98 Å². The van der Waals surface area contributed by atoms with Gasteiger partial charge in [0.25, 0.3) is 0 Å². The summed E-state index contributed by atoms with van der Waals surface area (Å²) in [5.41, 5.74) is 3.29. The van der Waals surface area contributed by atoms with Crippen LogP contribution in [0, 0.1) is 11.6 Å². The molecule has 2 aromatic heterocycles. The molecule has 0 atom stereocenters. The Kier molecular flexibility index (Phi) is 6.72. The summed E-state index contributed by atoms with van der Waals surface area (Å²) < 4.78 is 40.7. The number of halogens is 2. The fraction of sp³-hybridized carbons (Fsp3) is 0.185. The van der Waals surface area contributed by atoms with E-state index in [1.807, 2.05) is 43.3 Å². The van der Waals surface area contributed by atoms with E-state index in [0.29, 0.717) is 22.5 Å². The SMILES string of the molecule is C/C=C\c1ccc2c(c1)c(-c1cccnc1OC)c(C(=O)OCC)n2Cc1ccc(F)cc1F. The molecule has 0 aliphatic heterocycles. The minimum Gasteiger partial charge on any atom is -0.481 e. The van der Waals surface area contributed by atoms with Gasteiger partial charge in [-0.15, -0.1) is 0 Å². The normalized spacial score (nSPS) is 11.3. The highest BCUT2D eigenvalue weighted by Gasteiger charge is 2.27. The molecule has 5 nitrogen and oxygen atoms in total. The van der Waals surface area contributed by atoms with Crippen molar-refractivity contribution in [3.63, 3.8) is 0 Å².